The van der Waals surface area contributed by atoms with Gasteiger partial charge < -0.3 is 0 Å². The number of carbonyl (C=O) groups is 2. The normalized spacial score (nSPS) is 10.5. The van der Waals surface area contributed by atoms with Crippen LogP contribution in [0.2, 0.25) is 0 Å². The van der Waals surface area contributed by atoms with Crippen molar-refractivity contribution in [2.75, 3.05) is 0 Å². The third-order valence-corrected chi connectivity index (χ3v) is 4.44. The highest BCUT2D eigenvalue weighted by Crippen LogP contribution is 2.20. The maximum absolute atomic E-state index is 11.0. The number of hydrogen-bond acceptors (Lipinski definition) is 3. The fraction of sp³-hybridized carbons (Fsp3) is 0.571. The SMILES string of the molecule is Bc1sc(CCCCCCCC)c(C=O)c1C=O. The second-order valence-corrected chi connectivity index (χ2v) is 5.97. The first-order valence-electron chi connectivity index (χ1n) is 6.77. The molecule has 18 heavy (non-hydrogen) atoms. The second kappa shape index (κ2) is 8.25. The summed E-state index contributed by atoms with van der Waals surface area (Å²) >= 11 is 1.60. The van der Waals surface area contributed by atoms with Gasteiger partial charge in [0.05, 0.1) is 0 Å². The molecule has 0 saturated heterocycles. The van der Waals surface area contributed by atoms with Crippen LogP contribution in [0.15, 0.2) is 0 Å². The second-order valence-electron chi connectivity index (χ2n) is 4.66. The number of thiophene rings is 1. The summed E-state index contributed by atoms with van der Waals surface area (Å²) in [5, 5.41) is 0. The van der Waals surface area contributed by atoms with Crippen molar-refractivity contribution in [3.05, 3.63) is 16.0 Å². The van der Waals surface area contributed by atoms with E-state index in [9.17, 15) is 9.59 Å². The number of unbranched alkanes of at least 4 members (excludes halogenated alkanes) is 5. The first kappa shape index (κ1) is 15.2. The molecule has 0 aromatic carbocycles. The Morgan fingerprint density at radius 2 is 1.61 bits per heavy atom. The molecule has 0 spiro atoms. The van der Waals surface area contributed by atoms with E-state index >= 15 is 0 Å². The van der Waals surface area contributed by atoms with Crippen molar-refractivity contribution >= 4 is 36.5 Å². The smallest absolute Gasteiger partial charge is 0.153 e. The minimum absolute atomic E-state index is 0.594. The Morgan fingerprint density at radius 3 is 2.22 bits per heavy atom. The standard InChI is InChI=1S/C14H21BO2S/c1-2-3-4-5-6-7-8-13-11(9-16)12(10-17)14(15)18-13/h9-10H,2-8,15H2,1H3. The zero-order valence-corrected chi connectivity index (χ0v) is 12.1. The van der Waals surface area contributed by atoms with E-state index in [1.165, 1.54) is 32.1 Å². The van der Waals surface area contributed by atoms with E-state index in [0.717, 1.165) is 35.1 Å². The van der Waals surface area contributed by atoms with Gasteiger partial charge in [-0.25, -0.2) is 0 Å². The van der Waals surface area contributed by atoms with E-state index in [4.69, 9.17) is 0 Å². The molecule has 2 nitrogen and oxygen atoms in total. The Balaban J connectivity index is 2.47. The van der Waals surface area contributed by atoms with Crippen molar-refractivity contribution in [1.82, 2.24) is 0 Å². The number of carbonyl (C=O) groups excluding carboxylic acids is 2. The van der Waals surface area contributed by atoms with Crippen molar-refractivity contribution in [2.45, 2.75) is 51.9 Å². The molecule has 0 bridgehead atoms. The number of hydrogen-bond donors (Lipinski definition) is 0. The predicted octanol–water partition coefficient (Wildman–Crippen LogP) is 2.53. The van der Waals surface area contributed by atoms with Crippen LogP contribution in [-0.4, -0.2) is 20.4 Å². The van der Waals surface area contributed by atoms with E-state index in [2.05, 4.69) is 6.92 Å². The molecular formula is C14H21BO2S. The molecule has 0 aliphatic carbocycles. The molecule has 0 aliphatic rings. The van der Waals surface area contributed by atoms with E-state index in [0.29, 0.717) is 11.1 Å². The van der Waals surface area contributed by atoms with Crippen molar-refractivity contribution in [2.24, 2.45) is 0 Å². The summed E-state index contributed by atoms with van der Waals surface area (Å²) in [5.74, 6) is 0. The summed E-state index contributed by atoms with van der Waals surface area (Å²) in [6.45, 7) is 2.21. The average Bonchev–Trinajstić information content (AvgIpc) is 2.68. The van der Waals surface area contributed by atoms with Crippen molar-refractivity contribution in [1.29, 1.82) is 0 Å². The van der Waals surface area contributed by atoms with Crippen LogP contribution in [-0.2, 0) is 6.42 Å². The third-order valence-electron chi connectivity index (χ3n) is 3.24. The van der Waals surface area contributed by atoms with E-state index in [-0.39, 0.29) is 0 Å². The minimum Gasteiger partial charge on any atom is -0.298 e. The highest BCUT2D eigenvalue weighted by molar-refractivity contribution is 7.20. The van der Waals surface area contributed by atoms with Gasteiger partial charge >= 0.3 is 0 Å². The third kappa shape index (κ3) is 4.09. The number of aldehydes is 2. The summed E-state index contributed by atoms with van der Waals surface area (Å²) in [5.41, 5.74) is 1.22. The Labute approximate surface area is 114 Å². The van der Waals surface area contributed by atoms with E-state index in [1.54, 1.807) is 11.3 Å². The molecular weight excluding hydrogens is 243 g/mol. The number of rotatable bonds is 9. The molecule has 0 fully saturated rings. The molecule has 1 heterocycles. The number of aryl methyl sites for hydroxylation is 1. The molecule has 0 radical (unpaired) electrons. The van der Waals surface area contributed by atoms with Crippen molar-refractivity contribution in [3.8, 4) is 0 Å². The molecule has 0 atom stereocenters. The molecule has 0 N–H and O–H groups in total. The maximum atomic E-state index is 11.0. The maximum Gasteiger partial charge on any atom is 0.153 e. The highest BCUT2D eigenvalue weighted by atomic mass is 32.1. The van der Waals surface area contributed by atoms with Gasteiger partial charge in [0, 0.05) is 16.0 Å². The van der Waals surface area contributed by atoms with Crippen molar-refractivity contribution < 1.29 is 9.59 Å². The molecule has 0 unspecified atom stereocenters. The zero-order valence-electron chi connectivity index (χ0n) is 11.3. The quantitative estimate of drug-likeness (QED) is 0.390. The molecule has 0 aliphatic heterocycles. The summed E-state index contributed by atoms with van der Waals surface area (Å²) in [6.07, 6.45) is 10.1. The first-order chi connectivity index (χ1) is 8.74. The van der Waals surface area contributed by atoms with Gasteiger partial charge in [0.15, 0.2) is 20.4 Å². The van der Waals surface area contributed by atoms with Crippen LogP contribution >= 0.6 is 11.3 Å². The largest absolute Gasteiger partial charge is 0.298 e. The Morgan fingerprint density at radius 1 is 1.00 bits per heavy atom. The molecule has 4 heteroatoms. The molecule has 98 valence electrons. The summed E-state index contributed by atoms with van der Waals surface area (Å²) in [6, 6.07) is 0. The lowest BCUT2D eigenvalue weighted by atomic mass is 9.98. The van der Waals surface area contributed by atoms with Gasteiger partial charge in [0.25, 0.3) is 0 Å². The van der Waals surface area contributed by atoms with Crippen LogP contribution < -0.4 is 4.78 Å². The zero-order chi connectivity index (χ0) is 13.4. The fourth-order valence-electron chi connectivity index (χ4n) is 2.16. The van der Waals surface area contributed by atoms with E-state index < -0.39 is 0 Å². The van der Waals surface area contributed by atoms with Crippen LogP contribution in [0.1, 0.15) is 71.0 Å². The topological polar surface area (TPSA) is 34.1 Å². The summed E-state index contributed by atoms with van der Waals surface area (Å²) in [4.78, 5) is 23.0. The fourth-order valence-corrected chi connectivity index (χ4v) is 3.31. The highest BCUT2D eigenvalue weighted by Gasteiger charge is 2.13. The molecule has 1 aromatic rings. The van der Waals surface area contributed by atoms with Crippen LogP contribution in [0.4, 0.5) is 0 Å². The Bertz CT molecular complexity index is 399. The monoisotopic (exact) mass is 264 g/mol. The van der Waals surface area contributed by atoms with E-state index in [1.807, 2.05) is 7.85 Å². The van der Waals surface area contributed by atoms with Crippen LogP contribution in [0.25, 0.3) is 0 Å². The molecule has 1 rings (SSSR count). The molecule has 0 amide bonds. The van der Waals surface area contributed by atoms with Gasteiger partial charge in [-0.15, -0.1) is 0 Å². The van der Waals surface area contributed by atoms with Gasteiger partial charge in [-0.3, -0.25) is 9.59 Å². The average molecular weight is 264 g/mol. The lowest BCUT2D eigenvalue weighted by Crippen LogP contribution is -2.03. The lowest BCUT2D eigenvalue weighted by molar-refractivity contribution is 0.109. The Hall–Kier alpha value is -0.895. The van der Waals surface area contributed by atoms with Gasteiger partial charge in [-0.1, -0.05) is 39.0 Å². The lowest BCUT2D eigenvalue weighted by Gasteiger charge is -2.00. The summed E-state index contributed by atoms with van der Waals surface area (Å²) < 4.78 is 0.966. The Kier molecular flexibility index (Phi) is 6.95. The summed E-state index contributed by atoms with van der Waals surface area (Å²) in [7, 11) is 1.91. The molecule has 0 saturated carbocycles. The first-order valence-corrected chi connectivity index (χ1v) is 7.58. The van der Waals surface area contributed by atoms with Crippen LogP contribution in [0.5, 0.6) is 0 Å². The minimum atomic E-state index is 0.594. The molecule has 1 aromatic heterocycles. The predicted molar refractivity (Wildman–Crippen MR) is 80.4 cm³/mol. The van der Waals surface area contributed by atoms with Gasteiger partial charge in [-0.2, -0.15) is 11.3 Å². The van der Waals surface area contributed by atoms with Crippen molar-refractivity contribution in [3.63, 3.8) is 0 Å². The van der Waals surface area contributed by atoms with Gasteiger partial charge in [0.2, 0.25) is 0 Å². The van der Waals surface area contributed by atoms with Gasteiger partial charge in [-0.05, 0) is 17.6 Å². The van der Waals surface area contributed by atoms with Crippen LogP contribution in [0.3, 0.4) is 0 Å². The van der Waals surface area contributed by atoms with Crippen LogP contribution in [0, 0.1) is 0 Å². The van der Waals surface area contributed by atoms with Gasteiger partial charge in [0.1, 0.15) is 0 Å².